The van der Waals surface area contributed by atoms with Crippen LogP contribution in [-0.4, -0.2) is 29.3 Å². The van der Waals surface area contributed by atoms with Gasteiger partial charge in [0.2, 0.25) is 11.8 Å². The molecule has 0 aliphatic heterocycles. The van der Waals surface area contributed by atoms with Crippen molar-refractivity contribution in [3.63, 3.8) is 0 Å². The number of carbonyl (C=O) groups is 2. The number of hydrogen-bond acceptors (Lipinski definition) is 2. The standard InChI is InChI=1S/C20H21FN2O2/c21-18-9-5-4-8-16(18)14-23(17-10-11-17)20(25)13-22-19(24)12-15-6-2-1-3-7-15/h1-9,17H,10-14H2,(H,22,24). The highest BCUT2D eigenvalue weighted by Gasteiger charge is 2.32. The van der Waals surface area contributed by atoms with E-state index in [1.54, 1.807) is 23.1 Å². The first-order chi connectivity index (χ1) is 12.1. The van der Waals surface area contributed by atoms with Crippen LogP contribution in [0.5, 0.6) is 0 Å². The molecule has 0 radical (unpaired) electrons. The number of rotatable bonds is 7. The summed E-state index contributed by atoms with van der Waals surface area (Å²) in [7, 11) is 0. The summed E-state index contributed by atoms with van der Waals surface area (Å²) in [5, 5.41) is 2.67. The van der Waals surface area contributed by atoms with Crippen molar-refractivity contribution in [1.29, 1.82) is 0 Å². The first-order valence-corrected chi connectivity index (χ1v) is 8.47. The molecule has 25 heavy (non-hydrogen) atoms. The normalized spacial score (nSPS) is 13.3. The molecule has 4 nitrogen and oxygen atoms in total. The zero-order chi connectivity index (χ0) is 17.6. The number of hydrogen-bond donors (Lipinski definition) is 1. The number of carbonyl (C=O) groups excluding carboxylic acids is 2. The topological polar surface area (TPSA) is 49.4 Å². The third-order valence-electron chi connectivity index (χ3n) is 4.25. The van der Waals surface area contributed by atoms with Crippen molar-refractivity contribution in [1.82, 2.24) is 10.2 Å². The summed E-state index contributed by atoms with van der Waals surface area (Å²) in [4.78, 5) is 26.1. The van der Waals surface area contributed by atoms with Gasteiger partial charge in [0, 0.05) is 18.2 Å². The van der Waals surface area contributed by atoms with Crippen LogP contribution >= 0.6 is 0 Å². The van der Waals surface area contributed by atoms with Gasteiger partial charge < -0.3 is 10.2 Å². The third-order valence-corrected chi connectivity index (χ3v) is 4.25. The van der Waals surface area contributed by atoms with Crippen LogP contribution in [-0.2, 0) is 22.6 Å². The molecule has 0 saturated heterocycles. The molecule has 130 valence electrons. The molecule has 1 N–H and O–H groups in total. The fourth-order valence-corrected chi connectivity index (χ4v) is 2.74. The van der Waals surface area contributed by atoms with Gasteiger partial charge in [0.05, 0.1) is 13.0 Å². The van der Waals surface area contributed by atoms with Gasteiger partial charge in [-0.3, -0.25) is 9.59 Å². The van der Waals surface area contributed by atoms with Gasteiger partial charge >= 0.3 is 0 Å². The summed E-state index contributed by atoms with van der Waals surface area (Å²) in [6.07, 6.45) is 2.10. The summed E-state index contributed by atoms with van der Waals surface area (Å²) in [5.74, 6) is -0.678. The Morgan fingerprint density at radius 3 is 2.40 bits per heavy atom. The largest absolute Gasteiger partial charge is 0.347 e. The summed E-state index contributed by atoms with van der Waals surface area (Å²) in [6.45, 7) is 0.182. The van der Waals surface area contributed by atoms with Crippen LogP contribution in [0.4, 0.5) is 4.39 Å². The molecule has 1 saturated carbocycles. The fourth-order valence-electron chi connectivity index (χ4n) is 2.74. The van der Waals surface area contributed by atoms with Gasteiger partial charge in [-0.2, -0.15) is 0 Å². The lowest BCUT2D eigenvalue weighted by Crippen LogP contribution is -2.41. The van der Waals surface area contributed by atoms with Gasteiger partial charge in [-0.1, -0.05) is 48.5 Å². The molecule has 0 spiro atoms. The molecule has 1 aliphatic carbocycles. The molecule has 3 rings (SSSR count). The second-order valence-corrected chi connectivity index (χ2v) is 6.28. The molecule has 0 atom stereocenters. The van der Waals surface area contributed by atoms with E-state index in [9.17, 15) is 14.0 Å². The minimum absolute atomic E-state index is 0.0589. The summed E-state index contributed by atoms with van der Waals surface area (Å²) in [6, 6.07) is 16.0. The van der Waals surface area contributed by atoms with Gasteiger partial charge in [-0.15, -0.1) is 0 Å². The van der Waals surface area contributed by atoms with Crippen molar-refractivity contribution in [2.75, 3.05) is 6.54 Å². The van der Waals surface area contributed by atoms with Crippen LogP contribution in [0.25, 0.3) is 0 Å². The number of halogens is 1. The molecule has 5 heteroatoms. The molecular weight excluding hydrogens is 319 g/mol. The average Bonchev–Trinajstić information content (AvgIpc) is 3.45. The van der Waals surface area contributed by atoms with Gasteiger partial charge in [-0.25, -0.2) is 4.39 Å². The number of amides is 2. The average molecular weight is 340 g/mol. The molecule has 0 heterocycles. The highest BCUT2D eigenvalue weighted by atomic mass is 19.1. The Bertz CT molecular complexity index is 744. The van der Waals surface area contributed by atoms with Crippen LogP contribution in [0.15, 0.2) is 54.6 Å². The maximum absolute atomic E-state index is 13.8. The lowest BCUT2D eigenvalue weighted by atomic mass is 10.1. The van der Waals surface area contributed by atoms with Crippen molar-refractivity contribution in [2.45, 2.75) is 31.8 Å². The number of nitrogens with one attached hydrogen (secondary N) is 1. The first-order valence-electron chi connectivity index (χ1n) is 8.47. The van der Waals surface area contributed by atoms with E-state index in [1.807, 2.05) is 30.3 Å². The Balaban J connectivity index is 1.54. The van der Waals surface area contributed by atoms with Gasteiger partial charge in [0.25, 0.3) is 0 Å². The van der Waals surface area contributed by atoms with Crippen molar-refractivity contribution >= 4 is 11.8 Å². The van der Waals surface area contributed by atoms with Crippen molar-refractivity contribution in [3.05, 3.63) is 71.5 Å². The number of benzene rings is 2. The zero-order valence-corrected chi connectivity index (χ0v) is 14.0. The highest BCUT2D eigenvalue weighted by molar-refractivity contribution is 5.86. The van der Waals surface area contributed by atoms with Crippen molar-refractivity contribution < 1.29 is 14.0 Å². The lowest BCUT2D eigenvalue weighted by Gasteiger charge is -2.23. The molecule has 2 aromatic rings. The van der Waals surface area contributed by atoms with Crippen LogP contribution in [0, 0.1) is 5.82 Å². The van der Waals surface area contributed by atoms with E-state index >= 15 is 0 Å². The molecule has 2 aromatic carbocycles. The summed E-state index contributed by atoms with van der Waals surface area (Å²) < 4.78 is 13.8. The van der Waals surface area contributed by atoms with E-state index in [0.29, 0.717) is 5.56 Å². The molecular formula is C20H21FN2O2. The molecule has 0 aromatic heterocycles. The third kappa shape index (κ3) is 4.89. The predicted molar refractivity (Wildman–Crippen MR) is 93.1 cm³/mol. The SMILES string of the molecule is O=C(Cc1ccccc1)NCC(=O)N(Cc1ccccc1F)C1CC1. The molecule has 1 aliphatic rings. The van der Waals surface area contributed by atoms with Crippen LogP contribution in [0.1, 0.15) is 24.0 Å². The first kappa shape index (κ1) is 17.1. The number of nitrogens with zero attached hydrogens (tertiary/aromatic N) is 1. The second kappa shape index (κ2) is 7.92. The van der Waals surface area contributed by atoms with Gasteiger partial charge in [0.15, 0.2) is 0 Å². The molecule has 1 fully saturated rings. The second-order valence-electron chi connectivity index (χ2n) is 6.28. The van der Waals surface area contributed by atoms with E-state index in [2.05, 4.69) is 5.32 Å². The van der Waals surface area contributed by atoms with E-state index in [0.717, 1.165) is 18.4 Å². The van der Waals surface area contributed by atoms with E-state index in [1.165, 1.54) is 6.07 Å². The Morgan fingerprint density at radius 2 is 1.72 bits per heavy atom. The maximum Gasteiger partial charge on any atom is 0.242 e. The lowest BCUT2D eigenvalue weighted by molar-refractivity contribution is -0.133. The molecule has 0 bridgehead atoms. The maximum atomic E-state index is 13.8. The smallest absolute Gasteiger partial charge is 0.242 e. The van der Waals surface area contributed by atoms with Crippen LogP contribution in [0.3, 0.4) is 0 Å². The van der Waals surface area contributed by atoms with Crippen LogP contribution < -0.4 is 5.32 Å². The van der Waals surface area contributed by atoms with E-state index < -0.39 is 0 Å². The van der Waals surface area contributed by atoms with Crippen molar-refractivity contribution in [2.24, 2.45) is 0 Å². The molecule has 2 amide bonds. The minimum atomic E-state index is -0.311. The van der Waals surface area contributed by atoms with Gasteiger partial charge in [0.1, 0.15) is 5.82 Å². The Labute approximate surface area is 146 Å². The quantitative estimate of drug-likeness (QED) is 0.842. The summed E-state index contributed by atoms with van der Waals surface area (Å²) in [5.41, 5.74) is 1.40. The van der Waals surface area contributed by atoms with Crippen molar-refractivity contribution in [3.8, 4) is 0 Å². The van der Waals surface area contributed by atoms with E-state index in [4.69, 9.17) is 0 Å². The van der Waals surface area contributed by atoms with Crippen LogP contribution in [0.2, 0.25) is 0 Å². The van der Waals surface area contributed by atoms with Gasteiger partial charge in [-0.05, 0) is 24.5 Å². The molecule has 0 unspecified atom stereocenters. The Morgan fingerprint density at radius 1 is 1.04 bits per heavy atom. The summed E-state index contributed by atoms with van der Waals surface area (Å²) >= 11 is 0. The fraction of sp³-hybridized carbons (Fsp3) is 0.300. The van der Waals surface area contributed by atoms with E-state index in [-0.39, 0.29) is 43.2 Å². The monoisotopic (exact) mass is 340 g/mol. The Kier molecular flexibility index (Phi) is 5.43. The minimum Gasteiger partial charge on any atom is -0.347 e. The zero-order valence-electron chi connectivity index (χ0n) is 14.0. The Hall–Kier alpha value is -2.69. The predicted octanol–water partition coefficient (Wildman–Crippen LogP) is 2.68. The highest BCUT2D eigenvalue weighted by Crippen LogP contribution is 2.28.